The van der Waals surface area contributed by atoms with Crippen LogP contribution in [0.1, 0.15) is 86.3 Å². The minimum absolute atomic E-state index is 0.0492. The molecule has 1 amide bonds. The quantitative estimate of drug-likeness (QED) is 0.470. The average Bonchev–Trinajstić information content (AvgIpc) is 2.82. The maximum Gasteiger partial charge on any atom is 0.433 e. The second-order valence-corrected chi connectivity index (χ2v) is 9.79. The molecular weight excluding hydrogens is 479 g/mol. The van der Waals surface area contributed by atoms with Gasteiger partial charge in [-0.05, 0) is 55.4 Å². The van der Waals surface area contributed by atoms with Crippen molar-refractivity contribution in [3.8, 4) is 0 Å². The van der Waals surface area contributed by atoms with Crippen molar-refractivity contribution < 1.29 is 18.0 Å². The van der Waals surface area contributed by atoms with Gasteiger partial charge in [0.25, 0.3) is 5.91 Å². The first-order chi connectivity index (χ1) is 17.6. The van der Waals surface area contributed by atoms with E-state index < -0.39 is 17.8 Å². The fourth-order valence-electron chi connectivity index (χ4n) is 5.13. The Balaban J connectivity index is 1.65. The molecule has 1 unspecified atom stereocenters. The van der Waals surface area contributed by atoms with Crippen molar-refractivity contribution in [2.75, 3.05) is 12.3 Å². The molecule has 4 rings (SSSR count). The van der Waals surface area contributed by atoms with Gasteiger partial charge in [0.2, 0.25) is 0 Å². The van der Waals surface area contributed by atoms with Crippen LogP contribution in [0.5, 0.6) is 0 Å². The molecule has 6 nitrogen and oxygen atoms in total. The van der Waals surface area contributed by atoms with Gasteiger partial charge in [-0.15, -0.1) is 0 Å². The minimum Gasteiger partial charge on any atom is -0.402 e. The van der Waals surface area contributed by atoms with Crippen molar-refractivity contribution in [3.63, 3.8) is 0 Å². The molecule has 198 valence electrons. The molecule has 1 saturated carbocycles. The number of piperidine rings is 1. The van der Waals surface area contributed by atoms with Gasteiger partial charge in [0, 0.05) is 41.8 Å². The predicted octanol–water partition coefficient (Wildman–Crippen LogP) is 6.36. The normalized spacial score (nSPS) is 21.2. The largest absolute Gasteiger partial charge is 0.433 e. The Hall–Kier alpha value is -3.36. The van der Waals surface area contributed by atoms with Crippen molar-refractivity contribution in [1.29, 1.82) is 0 Å². The fourth-order valence-corrected chi connectivity index (χ4v) is 5.13. The highest BCUT2D eigenvalue weighted by atomic mass is 19.4. The zero-order chi connectivity index (χ0) is 26.7. The molecular formula is C28H34F3N5O. The number of aliphatic imine (C=N–C) groups is 1. The summed E-state index contributed by atoms with van der Waals surface area (Å²) in [7, 11) is 0. The number of pyridine rings is 1. The van der Waals surface area contributed by atoms with Crippen LogP contribution in [0.2, 0.25) is 0 Å². The van der Waals surface area contributed by atoms with E-state index in [1.807, 2.05) is 26.0 Å². The Kier molecular flexibility index (Phi) is 7.90. The van der Waals surface area contributed by atoms with Gasteiger partial charge < -0.3 is 16.4 Å². The second-order valence-electron chi connectivity index (χ2n) is 9.79. The number of allylic oxidation sites excluding steroid dienone is 1. The minimum atomic E-state index is -4.64. The molecule has 0 spiro atoms. The average molecular weight is 514 g/mol. The van der Waals surface area contributed by atoms with Gasteiger partial charge >= 0.3 is 6.18 Å². The lowest BCUT2D eigenvalue weighted by Crippen LogP contribution is -2.49. The van der Waals surface area contributed by atoms with Crippen LogP contribution in [0, 0.1) is 0 Å². The highest BCUT2D eigenvalue weighted by Crippen LogP contribution is 2.37. The summed E-state index contributed by atoms with van der Waals surface area (Å²) in [6.45, 7) is 4.33. The highest BCUT2D eigenvalue weighted by molar-refractivity contribution is 6.07. The van der Waals surface area contributed by atoms with Crippen LogP contribution in [0.25, 0.3) is 0 Å². The topological polar surface area (TPSA) is 97.6 Å². The lowest BCUT2D eigenvalue weighted by Gasteiger charge is -2.39. The van der Waals surface area contributed by atoms with Crippen LogP contribution in [-0.4, -0.2) is 34.1 Å². The lowest BCUT2D eigenvalue weighted by atomic mass is 9.80. The zero-order valence-corrected chi connectivity index (χ0v) is 21.3. The van der Waals surface area contributed by atoms with E-state index in [-0.39, 0.29) is 17.3 Å². The van der Waals surface area contributed by atoms with Crippen molar-refractivity contribution in [1.82, 2.24) is 9.88 Å². The number of hydrogen-bond donors (Lipinski definition) is 2. The van der Waals surface area contributed by atoms with Gasteiger partial charge in [-0.25, -0.2) is 0 Å². The number of aromatic nitrogens is 1. The Labute approximate surface area is 215 Å². The first-order valence-electron chi connectivity index (χ1n) is 12.9. The molecule has 1 aromatic carbocycles. The van der Waals surface area contributed by atoms with Gasteiger partial charge in [0.05, 0.1) is 17.3 Å². The van der Waals surface area contributed by atoms with E-state index >= 15 is 0 Å². The molecule has 0 radical (unpaired) electrons. The maximum atomic E-state index is 13.5. The number of benzene rings is 1. The standard InChI is InChI=1S/C28H34F3N5O/c1-3-6-21(32)26-23(35-19-11-9-18(10-12-19)17-7-5-8-17)13-14-36(24(26)4-2)27(37)20-16-34-25(15-22(20)33)28(29,30)31/h9-12,15-17,24H,3-8,13-14,32H2,1-2H3,(H2,33,34)/b26-21+,35-23?. The number of anilines is 1. The van der Waals surface area contributed by atoms with Gasteiger partial charge in [0.1, 0.15) is 5.69 Å². The maximum absolute atomic E-state index is 13.5. The number of carbonyl (C=O) groups excluding carboxylic acids is 1. The molecule has 37 heavy (non-hydrogen) atoms. The number of hydrogen-bond acceptors (Lipinski definition) is 5. The zero-order valence-electron chi connectivity index (χ0n) is 21.3. The molecule has 1 saturated heterocycles. The number of amides is 1. The van der Waals surface area contributed by atoms with E-state index in [4.69, 9.17) is 16.5 Å². The van der Waals surface area contributed by atoms with Gasteiger partial charge in [-0.2, -0.15) is 13.2 Å². The van der Waals surface area contributed by atoms with Crippen molar-refractivity contribution in [2.24, 2.45) is 10.7 Å². The smallest absolute Gasteiger partial charge is 0.402 e. The molecule has 0 bridgehead atoms. The molecule has 2 fully saturated rings. The van der Waals surface area contributed by atoms with Crippen molar-refractivity contribution in [2.45, 2.75) is 76.9 Å². The van der Waals surface area contributed by atoms with Crippen LogP contribution in [0.3, 0.4) is 0 Å². The lowest BCUT2D eigenvalue weighted by molar-refractivity contribution is -0.141. The molecule has 4 N–H and O–H groups in total. The molecule has 2 aliphatic rings. The summed E-state index contributed by atoms with van der Waals surface area (Å²) < 4.78 is 39.1. The number of carbonyl (C=O) groups is 1. The molecule has 1 aliphatic carbocycles. The summed E-state index contributed by atoms with van der Waals surface area (Å²) >= 11 is 0. The Morgan fingerprint density at radius 3 is 2.43 bits per heavy atom. The first kappa shape index (κ1) is 26.7. The highest BCUT2D eigenvalue weighted by Gasteiger charge is 2.37. The summed E-state index contributed by atoms with van der Waals surface area (Å²) in [4.78, 5) is 23.5. The SMILES string of the molecule is CCC/C(N)=C1/C(=Nc2ccc(C3CCC3)cc2)CCN(C(=O)c2cnc(C(F)(F)F)cc2N)C1CC. The summed E-state index contributed by atoms with van der Waals surface area (Å²) in [5.74, 6) is 0.180. The molecule has 1 atom stereocenters. The summed E-state index contributed by atoms with van der Waals surface area (Å²) in [6, 6.07) is 8.67. The molecule has 9 heteroatoms. The third kappa shape index (κ3) is 5.65. The number of halogens is 3. The number of alkyl halides is 3. The van der Waals surface area contributed by atoms with E-state index in [9.17, 15) is 18.0 Å². The van der Waals surface area contributed by atoms with Gasteiger partial charge in [0.15, 0.2) is 0 Å². The van der Waals surface area contributed by atoms with Crippen LogP contribution in [-0.2, 0) is 6.18 Å². The van der Waals surface area contributed by atoms with E-state index in [2.05, 4.69) is 17.1 Å². The van der Waals surface area contributed by atoms with Gasteiger partial charge in [-0.3, -0.25) is 14.8 Å². The molecule has 2 aromatic rings. The van der Waals surface area contributed by atoms with Crippen LogP contribution in [0.4, 0.5) is 24.5 Å². The Bertz CT molecular complexity index is 1200. The summed E-state index contributed by atoms with van der Waals surface area (Å²) in [5, 5.41) is 0. The second kappa shape index (κ2) is 10.9. The van der Waals surface area contributed by atoms with E-state index in [1.54, 1.807) is 4.90 Å². The number of likely N-dealkylation sites (tertiary alicyclic amines) is 1. The first-order valence-corrected chi connectivity index (χ1v) is 12.9. The number of nitrogen functional groups attached to an aromatic ring is 1. The van der Waals surface area contributed by atoms with Crippen molar-refractivity contribution in [3.05, 3.63) is 64.6 Å². The number of nitrogens with zero attached hydrogens (tertiary/aromatic N) is 3. The van der Waals surface area contributed by atoms with E-state index in [1.165, 1.54) is 24.8 Å². The Morgan fingerprint density at radius 1 is 1.19 bits per heavy atom. The predicted molar refractivity (Wildman–Crippen MR) is 140 cm³/mol. The summed E-state index contributed by atoms with van der Waals surface area (Å²) in [6.07, 6.45) is 2.54. The molecule has 2 heterocycles. The third-order valence-corrected chi connectivity index (χ3v) is 7.31. The molecule has 1 aliphatic heterocycles. The molecule has 1 aromatic heterocycles. The Morgan fingerprint density at radius 2 is 1.89 bits per heavy atom. The monoisotopic (exact) mass is 513 g/mol. The number of rotatable bonds is 6. The van der Waals surface area contributed by atoms with Crippen LogP contribution < -0.4 is 11.5 Å². The van der Waals surface area contributed by atoms with E-state index in [0.29, 0.717) is 43.5 Å². The van der Waals surface area contributed by atoms with Crippen molar-refractivity contribution >= 4 is 23.0 Å². The number of nitrogens with two attached hydrogens (primary N) is 2. The van der Waals surface area contributed by atoms with Crippen LogP contribution in [0.15, 0.2) is 52.8 Å². The summed E-state index contributed by atoms with van der Waals surface area (Å²) in [5.41, 5.74) is 15.5. The third-order valence-electron chi connectivity index (χ3n) is 7.31. The van der Waals surface area contributed by atoms with Gasteiger partial charge in [-0.1, -0.05) is 38.8 Å². The van der Waals surface area contributed by atoms with Crippen LogP contribution >= 0.6 is 0 Å². The fraction of sp³-hybridized carbons (Fsp3) is 0.464. The van der Waals surface area contributed by atoms with E-state index in [0.717, 1.165) is 29.6 Å².